The zero-order chi connectivity index (χ0) is 15.9. The average Bonchev–Trinajstić information content (AvgIpc) is 2.47. The molecule has 0 fully saturated rings. The van der Waals surface area contributed by atoms with Crippen molar-refractivity contribution in [3.8, 4) is 5.75 Å². The van der Waals surface area contributed by atoms with Crippen molar-refractivity contribution in [2.75, 3.05) is 0 Å². The van der Waals surface area contributed by atoms with Gasteiger partial charge in [0.15, 0.2) is 6.10 Å². The Kier molecular flexibility index (Phi) is 5.98. The van der Waals surface area contributed by atoms with Gasteiger partial charge in [0.25, 0.3) is 5.91 Å². The van der Waals surface area contributed by atoms with Crippen molar-refractivity contribution in [2.24, 2.45) is 5.10 Å². The molecule has 0 saturated heterocycles. The van der Waals surface area contributed by atoms with Crippen LogP contribution in [0.2, 0.25) is 5.02 Å². The van der Waals surface area contributed by atoms with E-state index < -0.39 is 6.10 Å². The van der Waals surface area contributed by atoms with Gasteiger partial charge in [0.05, 0.1) is 6.21 Å². The van der Waals surface area contributed by atoms with Gasteiger partial charge in [-0.3, -0.25) is 4.79 Å². The number of halogens is 2. The summed E-state index contributed by atoms with van der Waals surface area (Å²) in [7, 11) is 0. The molecule has 2 rings (SSSR count). The summed E-state index contributed by atoms with van der Waals surface area (Å²) >= 11 is 9.21. The summed E-state index contributed by atoms with van der Waals surface area (Å²) in [5.74, 6) is 0.272. The predicted octanol–water partition coefficient (Wildman–Crippen LogP) is 4.02. The van der Waals surface area contributed by atoms with Crippen molar-refractivity contribution in [2.45, 2.75) is 13.0 Å². The molecular weight excluding hydrogens is 368 g/mol. The topological polar surface area (TPSA) is 50.7 Å². The zero-order valence-electron chi connectivity index (χ0n) is 11.8. The predicted molar refractivity (Wildman–Crippen MR) is 91.4 cm³/mol. The molecule has 0 heterocycles. The molecule has 22 heavy (non-hydrogen) atoms. The van der Waals surface area contributed by atoms with Crippen LogP contribution >= 0.6 is 27.5 Å². The Labute approximate surface area is 142 Å². The van der Waals surface area contributed by atoms with Crippen LogP contribution in [0.4, 0.5) is 0 Å². The maximum Gasteiger partial charge on any atom is 0.280 e. The van der Waals surface area contributed by atoms with Crippen LogP contribution in [0.15, 0.2) is 58.1 Å². The van der Waals surface area contributed by atoms with E-state index in [0.717, 1.165) is 10.0 Å². The van der Waals surface area contributed by atoms with Gasteiger partial charge in [0.1, 0.15) is 5.75 Å². The van der Waals surface area contributed by atoms with Crippen LogP contribution in [0.25, 0.3) is 0 Å². The number of carbonyl (C=O) groups is 1. The van der Waals surface area contributed by atoms with E-state index in [2.05, 4.69) is 26.5 Å². The molecule has 2 aromatic rings. The molecule has 1 amide bonds. The third-order valence-corrected chi connectivity index (χ3v) is 3.44. The summed E-state index contributed by atoms with van der Waals surface area (Å²) in [4.78, 5) is 11.9. The Morgan fingerprint density at radius 1 is 1.32 bits per heavy atom. The van der Waals surface area contributed by atoms with Crippen molar-refractivity contribution in [3.63, 3.8) is 0 Å². The van der Waals surface area contributed by atoms with Crippen LogP contribution in [0.3, 0.4) is 0 Å². The van der Waals surface area contributed by atoms with Gasteiger partial charge < -0.3 is 4.74 Å². The summed E-state index contributed by atoms with van der Waals surface area (Å²) in [6.07, 6.45) is 0.862. The van der Waals surface area contributed by atoms with Crippen LogP contribution < -0.4 is 10.2 Å². The van der Waals surface area contributed by atoms with E-state index in [1.54, 1.807) is 31.2 Å². The Hall–Kier alpha value is -1.85. The molecule has 0 unspecified atom stereocenters. The largest absolute Gasteiger partial charge is 0.481 e. The molecule has 0 aliphatic carbocycles. The molecular formula is C16H14BrClN2O2. The second kappa shape index (κ2) is 7.96. The molecule has 0 aliphatic heterocycles. The van der Waals surface area contributed by atoms with Crippen molar-refractivity contribution >= 4 is 39.7 Å². The highest BCUT2D eigenvalue weighted by molar-refractivity contribution is 9.10. The standard InChI is InChI=1S/C16H14BrClN2O2/c1-11(22-15-7-3-5-13(17)9-15)16(21)20-19-10-12-4-2-6-14(18)8-12/h2-11H,1H3,(H,20,21)/b19-10-/t11-/m1/s1. The van der Waals surface area contributed by atoms with Gasteiger partial charge in [-0.2, -0.15) is 5.10 Å². The summed E-state index contributed by atoms with van der Waals surface area (Å²) < 4.78 is 6.43. The van der Waals surface area contributed by atoms with Crippen LogP contribution in [0, 0.1) is 0 Å². The minimum atomic E-state index is -0.661. The third-order valence-electron chi connectivity index (χ3n) is 2.72. The fourth-order valence-electron chi connectivity index (χ4n) is 1.65. The molecule has 2 aromatic carbocycles. The van der Waals surface area contributed by atoms with Gasteiger partial charge >= 0.3 is 0 Å². The lowest BCUT2D eigenvalue weighted by Crippen LogP contribution is -2.33. The highest BCUT2D eigenvalue weighted by Crippen LogP contribution is 2.18. The zero-order valence-corrected chi connectivity index (χ0v) is 14.1. The quantitative estimate of drug-likeness (QED) is 0.628. The SMILES string of the molecule is C[C@@H](Oc1cccc(Br)c1)C(=O)N/N=C\c1cccc(Cl)c1. The minimum Gasteiger partial charge on any atom is -0.481 e. The highest BCUT2D eigenvalue weighted by atomic mass is 79.9. The van der Waals surface area contributed by atoms with Crippen LogP contribution in [-0.4, -0.2) is 18.2 Å². The Balaban J connectivity index is 1.89. The van der Waals surface area contributed by atoms with Gasteiger partial charge in [-0.05, 0) is 42.8 Å². The maximum absolute atomic E-state index is 11.9. The monoisotopic (exact) mass is 380 g/mol. The Morgan fingerprint density at radius 2 is 2.09 bits per heavy atom. The smallest absolute Gasteiger partial charge is 0.280 e. The molecule has 0 aliphatic rings. The third kappa shape index (κ3) is 5.16. The summed E-state index contributed by atoms with van der Waals surface area (Å²) in [6, 6.07) is 14.5. The van der Waals surface area contributed by atoms with Gasteiger partial charge in [-0.25, -0.2) is 5.43 Å². The fourth-order valence-corrected chi connectivity index (χ4v) is 2.22. The molecule has 6 heteroatoms. The van der Waals surface area contributed by atoms with Crippen molar-refractivity contribution in [3.05, 3.63) is 63.6 Å². The normalized spacial score (nSPS) is 12.1. The van der Waals surface area contributed by atoms with E-state index in [9.17, 15) is 4.79 Å². The van der Waals surface area contributed by atoms with E-state index in [-0.39, 0.29) is 5.91 Å². The first-order valence-electron chi connectivity index (χ1n) is 6.55. The first-order chi connectivity index (χ1) is 10.5. The Bertz CT molecular complexity index is 691. The number of hydrazone groups is 1. The molecule has 114 valence electrons. The lowest BCUT2D eigenvalue weighted by molar-refractivity contribution is -0.127. The first kappa shape index (κ1) is 16.5. The lowest BCUT2D eigenvalue weighted by Gasteiger charge is -2.12. The highest BCUT2D eigenvalue weighted by Gasteiger charge is 2.13. The summed E-state index contributed by atoms with van der Waals surface area (Å²) in [5, 5.41) is 4.50. The van der Waals surface area contributed by atoms with Crippen LogP contribution in [-0.2, 0) is 4.79 Å². The van der Waals surface area contributed by atoms with Gasteiger partial charge in [-0.1, -0.05) is 45.7 Å². The van der Waals surface area contributed by atoms with Crippen molar-refractivity contribution in [1.82, 2.24) is 5.43 Å². The molecule has 0 aromatic heterocycles. The number of amides is 1. The van der Waals surface area contributed by atoms with E-state index in [0.29, 0.717) is 10.8 Å². The lowest BCUT2D eigenvalue weighted by atomic mass is 10.2. The first-order valence-corrected chi connectivity index (χ1v) is 7.72. The number of benzene rings is 2. The Morgan fingerprint density at radius 3 is 2.82 bits per heavy atom. The molecule has 0 spiro atoms. The minimum absolute atomic E-state index is 0.335. The second-order valence-electron chi connectivity index (χ2n) is 4.51. The number of hydrogen-bond donors (Lipinski definition) is 1. The van der Waals surface area contributed by atoms with E-state index in [1.165, 1.54) is 6.21 Å². The number of nitrogens with zero attached hydrogens (tertiary/aromatic N) is 1. The van der Waals surface area contributed by atoms with Gasteiger partial charge in [0, 0.05) is 9.50 Å². The molecule has 0 saturated carbocycles. The summed E-state index contributed by atoms with van der Waals surface area (Å²) in [6.45, 7) is 1.66. The number of carbonyl (C=O) groups excluding carboxylic acids is 1. The average molecular weight is 382 g/mol. The van der Waals surface area contributed by atoms with Gasteiger partial charge in [-0.15, -0.1) is 0 Å². The molecule has 1 atom stereocenters. The maximum atomic E-state index is 11.9. The number of ether oxygens (including phenoxy) is 1. The number of rotatable bonds is 5. The second-order valence-corrected chi connectivity index (χ2v) is 5.86. The van der Waals surface area contributed by atoms with Crippen molar-refractivity contribution < 1.29 is 9.53 Å². The van der Waals surface area contributed by atoms with E-state index in [1.807, 2.05) is 24.3 Å². The molecule has 0 bridgehead atoms. The van der Waals surface area contributed by atoms with E-state index >= 15 is 0 Å². The van der Waals surface area contributed by atoms with Crippen LogP contribution in [0.1, 0.15) is 12.5 Å². The van der Waals surface area contributed by atoms with Gasteiger partial charge in [0.2, 0.25) is 0 Å². The summed E-state index contributed by atoms with van der Waals surface area (Å²) in [5.41, 5.74) is 3.24. The van der Waals surface area contributed by atoms with E-state index in [4.69, 9.17) is 16.3 Å². The molecule has 0 radical (unpaired) electrons. The molecule has 1 N–H and O–H groups in total. The number of nitrogens with one attached hydrogen (secondary N) is 1. The van der Waals surface area contributed by atoms with Crippen molar-refractivity contribution in [1.29, 1.82) is 0 Å². The fraction of sp³-hybridized carbons (Fsp3) is 0.125. The molecule has 4 nitrogen and oxygen atoms in total. The number of hydrogen-bond acceptors (Lipinski definition) is 3. The van der Waals surface area contributed by atoms with Crippen LogP contribution in [0.5, 0.6) is 5.75 Å².